The summed E-state index contributed by atoms with van der Waals surface area (Å²) < 4.78 is 54.4. The lowest BCUT2D eigenvalue weighted by Gasteiger charge is -2.13. The molecule has 0 spiro atoms. The molecule has 1 aromatic carbocycles. The largest absolute Gasteiger partial charge is 0.495 e. The molecule has 0 radical (unpaired) electrons. The number of hydrogen-bond donors (Lipinski definition) is 2. The van der Waals surface area contributed by atoms with E-state index < -0.39 is 38.4 Å². The zero-order chi connectivity index (χ0) is 18.0. The van der Waals surface area contributed by atoms with E-state index >= 15 is 0 Å². The molecule has 1 unspecified atom stereocenters. The molecular weight excluding hydrogens is 380 g/mol. The van der Waals surface area contributed by atoms with Gasteiger partial charge in [0, 0.05) is 11.1 Å². The minimum absolute atomic E-state index is 0.0172. The first-order valence-corrected chi connectivity index (χ1v) is 10.6. The van der Waals surface area contributed by atoms with Gasteiger partial charge >= 0.3 is 0 Å². The molecule has 1 atom stereocenters. The van der Waals surface area contributed by atoms with Crippen LogP contribution in [0.3, 0.4) is 0 Å². The smallest absolute Gasteiger partial charge is 0.244 e. The van der Waals surface area contributed by atoms with Crippen LogP contribution in [0.1, 0.15) is 6.42 Å². The molecule has 1 heterocycles. The maximum atomic E-state index is 12.3. The Labute approximate surface area is 145 Å². The second-order valence-corrected chi connectivity index (χ2v) is 9.69. The van der Waals surface area contributed by atoms with Crippen molar-refractivity contribution in [2.45, 2.75) is 17.4 Å². The number of sulfone groups is 1. The van der Waals surface area contributed by atoms with Crippen LogP contribution in [0.2, 0.25) is 5.02 Å². The van der Waals surface area contributed by atoms with Crippen molar-refractivity contribution in [3.05, 3.63) is 23.2 Å². The summed E-state index contributed by atoms with van der Waals surface area (Å²) in [6.45, 7) is -0.519. The van der Waals surface area contributed by atoms with Crippen molar-refractivity contribution in [2.24, 2.45) is 0 Å². The lowest BCUT2D eigenvalue weighted by atomic mass is 10.2. The highest BCUT2D eigenvalue weighted by Crippen LogP contribution is 2.26. The van der Waals surface area contributed by atoms with Crippen LogP contribution in [0.15, 0.2) is 23.1 Å². The first-order chi connectivity index (χ1) is 11.1. The van der Waals surface area contributed by atoms with Crippen LogP contribution in [-0.2, 0) is 24.7 Å². The predicted molar refractivity (Wildman–Crippen MR) is 88.4 cm³/mol. The highest BCUT2D eigenvalue weighted by Gasteiger charge is 2.29. The van der Waals surface area contributed by atoms with Crippen molar-refractivity contribution in [3.63, 3.8) is 0 Å². The Morgan fingerprint density at radius 2 is 2.12 bits per heavy atom. The van der Waals surface area contributed by atoms with Gasteiger partial charge in [0.15, 0.2) is 9.84 Å². The second-order valence-electron chi connectivity index (χ2n) is 5.29. The highest BCUT2D eigenvalue weighted by atomic mass is 35.5. The van der Waals surface area contributed by atoms with E-state index in [1.54, 1.807) is 0 Å². The minimum Gasteiger partial charge on any atom is -0.495 e. The monoisotopic (exact) mass is 396 g/mol. The van der Waals surface area contributed by atoms with Gasteiger partial charge in [-0.05, 0) is 24.6 Å². The fraction of sp³-hybridized carbons (Fsp3) is 0.462. The summed E-state index contributed by atoms with van der Waals surface area (Å²) >= 11 is 5.80. The number of hydrogen-bond acceptors (Lipinski definition) is 6. The van der Waals surface area contributed by atoms with E-state index in [4.69, 9.17) is 16.3 Å². The number of methoxy groups -OCH3 is 1. The lowest BCUT2D eigenvalue weighted by molar-refractivity contribution is -0.120. The molecular formula is C13H17ClN2O6S2. The van der Waals surface area contributed by atoms with Crippen molar-refractivity contribution in [1.82, 2.24) is 10.0 Å². The number of halogens is 1. The number of nitrogens with one attached hydrogen (secondary N) is 2. The summed E-state index contributed by atoms with van der Waals surface area (Å²) in [5, 5.41) is 2.70. The average molecular weight is 397 g/mol. The Morgan fingerprint density at radius 1 is 1.42 bits per heavy atom. The first kappa shape index (κ1) is 19.0. The molecule has 2 rings (SSSR count). The Hall–Kier alpha value is -1.36. The van der Waals surface area contributed by atoms with Crippen LogP contribution in [-0.4, -0.2) is 53.9 Å². The van der Waals surface area contributed by atoms with Gasteiger partial charge in [-0.1, -0.05) is 11.6 Å². The molecule has 1 aliphatic rings. The van der Waals surface area contributed by atoms with Gasteiger partial charge in [-0.25, -0.2) is 21.6 Å². The molecule has 11 heteroatoms. The number of rotatable bonds is 6. The van der Waals surface area contributed by atoms with Crippen LogP contribution in [0.4, 0.5) is 0 Å². The molecule has 1 fully saturated rings. The summed E-state index contributed by atoms with van der Waals surface area (Å²) in [5.74, 6) is -0.632. The third-order valence-electron chi connectivity index (χ3n) is 3.44. The normalized spacial score (nSPS) is 19.8. The molecule has 24 heavy (non-hydrogen) atoms. The maximum Gasteiger partial charge on any atom is 0.244 e. The van der Waals surface area contributed by atoms with Gasteiger partial charge in [0.2, 0.25) is 15.9 Å². The molecule has 1 amide bonds. The van der Waals surface area contributed by atoms with Gasteiger partial charge in [0.1, 0.15) is 10.6 Å². The van der Waals surface area contributed by atoms with Crippen LogP contribution >= 0.6 is 11.6 Å². The van der Waals surface area contributed by atoms with E-state index in [0.29, 0.717) is 6.42 Å². The summed E-state index contributed by atoms with van der Waals surface area (Å²) in [4.78, 5) is 11.6. The van der Waals surface area contributed by atoms with Crippen molar-refractivity contribution in [3.8, 4) is 5.75 Å². The Bertz CT molecular complexity index is 838. The van der Waals surface area contributed by atoms with Crippen LogP contribution in [0.5, 0.6) is 5.75 Å². The molecule has 1 aliphatic heterocycles. The third kappa shape index (κ3) is 4.82. The number of carbonyl (C=O) groups excluding carboxylic acids is 1. The first-order valence-electron chi connectivity index (χ1n) is 6.96. The molecule has 2 N–H and O–H groups in total. The molecule has 8 nitrogen and oxygen atoms in total. The number of sulfonamides is 1. The van der Waals surface area contributed by atoms with E-state index in [-0.39, 0.29) is 27.2 Å². The zero-order valence-electron chi connectivity index (χ0n) is 12.8. The zero-order valence-corrected chi connectivity index (χ0v) is 15.2. The van der Waals surface area contributed by atoms with Crippen molar-refractivity contribution in [1.29, 1.82) is 0 Å². The van der Waals surface area contributed by atoms with Crippen molar-refractivity contribution in [2.75, 3.05) is 25.2 Å². The maximum absolute atomic E-state index is 12.3. The Kier molecular flexibility index (Phi) is 5.74. The van der Waals surface area contributed by atoms with E-state index in [0.717, 1.165) is 0 Å². The van der Waals surface area contributed by atoms with Gasteiger partial charge in [0.25, 0.3) is 0 Å². The SMILES string of the molecule is COc1ccc(Cl)cc1S(=O)(=O)NCC(=O)NC1CCS(=O)(=O)C1. The topological polar surface area (TPSA) is 119 Å². The summed E-state index contributed by atoms with van der Waals surface area (Å²) in [7, 11) is -5.83. The fourth-order valence-corrected chi connectivity index (χ4v) is 5.37. The lowest BCUT2D eigenvalue weighted by Crippen LogP contribution is -2.42. The van der Waals surface area contributed by atoms with Gasteiger partial charge in [-0.3, -0.25) is 4.79 Å². The standard InChI is InChI=1S/C13H17ClN2O6S2/c1-22-11-3-2-9(14)6-12(11)24(20,21)15-7-13(17)16-10-4-5-23(18,19)8-10/h2-3,6,10,15H,4-5,7-8H2,1H3,(H,16,17). The van der Waals surface area contributed by atoms with E-state index in [1.165, 1.54) is 25.3 Å². The Balaban J connectivity index is 2.00. The number of benzene rings is 1. The third-order valence-corrected chi connectivity index (χ3v) is 6.86. The van der Waals surface area contributed by atoms with Gasteiger partial charge in [-0.2, -0.15) is 0 Å². The van der Waals surface area contributed by atoms with Crippen LogP contribution < -0.4 is 14.8 Å². The predicted octanol–water partition coefficient (Wildman–Crippen LogP) is -0.0698. The quantitative estimate of drug-likeness (QED) is 0.694. The van der Waals surface area contributed by atoms with Gasteiger partial charge in [0.05, 0.1) is 25.2 Å². The van der Waals surface area contributed by atoms with E-state index in [1.807, 2.05) is 0 Å². The van der Waals surface area contributed by atoms with Crippen LogP contribution in [0.25, 0.3) is 0 Å². The Morgan fingerprint density at radius 3 is 2.71 bits per heavy atom. The molecule has 0 saturated carbocycles. The summed E-state index contributed by atoms with van der Waals surface area (Å²) in [6, 6.07) is 3.60. The van der Waals surface area contributed by atoms with E-state index in [2.05, 4.69) is 10.0 Å². The highest BCUT2D eigenvalue weighted by molar-refractivity contribution is 7.91. The molecule has 1 aromatic rings. The molecule has 0 aliphatic carbocycles. The molecule has 0 bridgehead atoms. The number of ether oxygens (including phenoxy) is 1. The number of amides is 1. The molecule has 1 saturated heterocycles. The number of carbonyl (C=O) groups is 1. The minimum atomic E-state index is -4.02. The van der Waals surface area contributed by atoms with E-state index in [9.17, 15) is 21.6 Å². The molecule has 0 aromatic heterocycles. The fourth-order valence-electron chi connectivity index (χ4n) is 2.29. The van der Waals surface area contributed by atoms with Gasteiger partial charge in [-0.15, -0.1) is 0 Å². The summed E-state index contributed by atoms with van der Waals surface area (Å²) in [5.41, 5.74) is 0. The van der Waals surface area contributed by atoms with Crippen LogP contribution in [0, 0.1) is 0 Å². The van der Waals surface area contributed by atoms with Gasteiger partial charge < -0.3 is 10.1 Å². The van der Waals surface area contributed by atoms with Crippen molar-refractivity contribution >= 4 is 37.4 Å². The molecule has 134 valence electrons. The second kappa shape index (κ2) is 7.26. The summed E-state index contributed by atoms with van der Waals surface area (Å²) in [6.07, 6.45) is 0.322. The average Bonchev–Trinajstić information content (AvgIpc) is 2.84. The van der Waals surface area contributed by atoms with Crippen molar-refractivity contribution < 1.29 is 26.4 Å².